The fourth-order valence-electron chi connectivity index (χ4n) is 1.21. The van der Waals surface area contributed by atoms with E-state index in [9.17, 15) is 9.50 Å². The minimum atomic E-state index is -0.848. The third-order valence-electron chi connectivity index (χ3n) is 2.15. The molecule has 0 radical (unpaired) electrons. The number of ether oxygens (including phenoxy) is 1. The monoisotopic (exact) mass is 199 g/mol. The molecular formula is C10H14FNO2. The zero-order chi connectivity index (χ0) is 10.7. The van der Waals surface area contributed by atoms with Gasteiger partial charge < -0.3 is 15.6 Å². The van der Waals surface area contributed by atoms with Crippen LogP contribution in [0.1, 0.15) is 17.2 Å². The Morgan fingerprint density at radius 1 is 1.57 bits per heavy atom. The van der Waals surface area contributed by atoms with Crippen LogP contribution in [0.3, 0.4) is 0 Å². The van der Waals surface area contributed by atoms with E-state index in [0.29, 0.717) is 16.9 Å². The van der Waals surface area contributed by atoms with E-state index in [2.05, 4.69) is 0 Å². The normalized spacial score (nSPS) is 12.6. The maximum Gasteiger partial charge on any atom is 0.130 e. The van der Waals surface area contributed by atoms with Crippen molar-refractivity contribution in [3.05, 3.63) is 29.1 Å². The quantitative estimate of drug-likeness (QED) is 0.767. The fraction of sp³-hybridized carbons (Fsp3) is 0.400. The second-order valence-corrected chi connectivity index (χ2v) is 3.08. The molecule has 3 nitrogen and oxygen atoms in total. The summed E-state index contributed by atoms with van der Waals surface area (Å²) < 4.78 is 18.3. The third-order valence-corrected chi connectivity index (χ3v) is 2.15. The zero-order valence-electron chi connectivity index (χ0n) is 8.25. The topological polar surface area (TPSA) is 55.5 Å². The first-order chi connectivity index (χ1) is 6.60. The lowest BCUT2D eigenvalue weighted by atomic mass is 10.1. The van der Waals surface area contributed by atoms with Crippen molar-refractivity contribution < 1.29 is 14.2 Å². The first-order valence-electron chi connectivity index (χ1n) is 4.32. The molecule has 0 spiro atoms. The number of hydrogen-bond donors (Lipinski definition) is 2. The fourth-order valence-corrected chi connectivity index (χ4v) is 1.21. The summed E-state index contributed by atoms with van der Waals surface area (Å²) in [5.41, 5.74) is 6.14. The molecule has 0 aliphatic heterocycles. The highest BCUT2D eigenvalue weighted by molar-refractivity contribution is 5.38. The number of aliphatic hydroxyl groups is 1. The molecular weight excluding hydrogens is 185 g/mol. The van der Waals surface area contributed by atoms with E-state index in [1.807, 2.05) is 0 Å². The second-order valence-electron chi connectivity index (χ2n) is 3.08. The molecule has 1 aromatic carbocycles. The summed E-state index contributed by atoms with van der Waals surface area (Å²) in [6.45, 7) is 1.68. The maximum atomic E-state index is 13.3. The van der Waals surface area contributed by atoms with E-state index in [1.54, 1.807) is 13.0 Å². The molecule has 0 bridgehead atoms. The highest BCUT2D eigenvalue weighted by Gasteiger charge is 2.12. The summed E-state index contributed by atoms with van der Waals surface area (Å²) in [5.74, 6) is 0.0272. The largest absolute Gasteiger partial charge is 0.496 e. The van der Waals surface area contributed by atoms with Gasteiger partial charge in [0.2, 0.25) is 0 Å². The van der Waals surface area contributed by atoms with Gasteiger partial charge in [-0.15, -0.1) is 0 Å². The first-order valence-corrected chi connectivity index (χ1v) is 4.32. The molecule has 0 aliphatic carbocycles. The average Bonchev–Trinajstić information content (AvgIpc) is 2.20. The minimum absolute atomic E-state index is 0.0612. The number of nitrogens with two attached hydrogens (primary N) is 1. The van der Waals surface area contributed by atoms with Gasteiger partial charge in [-0.25, -0.2) is 4.39 Å². The smallest absolute Gasteiger partial charge is 0.130 e. The van der Waals surface area contributed by atoms with Crippen molar-refractivity contribution in [2.45, 2.75) is 13.0 Å². The van der Waals surface area contributed by atoms with Crippen LogP contribution in [-0.4, -0.2) is 18.8 Å². The molecule has 0 saturated carbocycles. The van der Waals surface area contributed by atoms with Crippen LogP contribution in [0, 0.1) is 12.7 Å². The van der Waals surface area contributed by atoms with Crippen LogP contribution < -0.4 is 10.5 Å². The van der Waals surface area contributed by atoms with E-state index in [1.165, 1.54) is 13.2 Å². The molecule has 1 rings (SSSR count). The molecule has 14 heavy (non-hydrogen) atoms. The Labute approximate surface area is 82.3 Å². The van der Waals surface area contributed by atoms with E-state index < -0.39 is 11.9 Å². The molecule has 0 aliphatic rings. The molecule has 4 heteroatoms. The summed E-state index contributed by atoms with van der Waals surface area (Å²) in [4.78, 5) is 0. The SMILES string of the molecule is COc1cc(C(O)CN)cc(F)c1C. The van der Waals surface area contributed by atoms with Crippen molar-refractivity contribution in [3.8, 4) is 5.75 Å². The van der Waals surface area contributed by atoms with Gasteiger partial charge in [0.1, 0.15) is 11.6 Å². The van der Waals surface area contributed by atoms with Gasteiger partial charge >= 0.3 is 0 Å². The Bertz CT molecular complexity index is 328. The zero-order valence-corrected chi connectivity index (χ0v) is 8.25. The van der Waals surface area contributed by atoms with Crippen molar-refractivity contribution in [1.29, 1.82) is 0 Å². The molecule has 0 saturated heterocycles. The molecule has 0 amide bonds. The molecule has 1 atom stereocenters. The van der Waals surface area contributed by atoms with Crippen molar-refractivity contribution in [2.24, 2.45) is 5.73 Å². The van der Waals surface area contributed by atoms with Crippen LogP contribution in [0.25, 0.3) is 0 Å². The van der Waals surface area contributed by atoms with Crippen LogP contribution in [0.5, 0.6) is 5.75 Å². The Morgan fingerprint density at radius 3 is 2.71 bits per heavy atom. The third kappa shape index (κ3) is 2.02. The van der Waals surface area contributed by atoms with E-state index in [0.717, 1.165) is 0 Å². The average molecular weight is 199 g/mol. The van der Waals surface area contributed by atoms with Gasteiger partial charge in [0, 0.05) is 12.1 Å². The lowest BCUT2D eigenvalue weighted by Crippen LogP contribution is -2.12. The van der Waals surface area contributed by atoms with Gasteiger partial charge in [-0.3, -0.25) is 0 Å². The molecule has 1 unspecified atom stereocenters. The highest BCUT2D eigenvalue weighted by atomic mass is 19.1. The Balaban J connectivity index is 3.16. The van der Waals surface area contributed by atoms with Crippen molar-refractivity contribution in [3.63, 3.8) is 0 Å². The number of rotatable bonds is 3. The number of methoxy groups -OCH3 is 1. The van der Waals surface area contributed by atoms with Gasteiger partial charge in [-0.05, 0) is 24.6 Å². The molecule has 78 valence electrons. The van der Waals surface area contributed by atoms with E-state index >= 15 is 0 Å². The van der Waals surface area contributed by atoms with Gasteiger partial charge in [-0.1, -0.05) is 0 Å². The predicted octanol–water partition coefficient (Wildman–Crippen LogP) is 1.13. The second kappa shape index (κ2) is 4.39. The van der Waals surface area contributed by atoms with Gasteiger partial charge in [0.05, 0.1) is 13.2 Å². The standard InChI is InChI=1S/C10H14FNO2/c1-6-8(11)3-7(9(13)5-12)4-10(6)14-2/h3-4,9,13H,5,12H2,1-2H3. The van der Waals surface area contributed by atoms with Gasteiger partial charge in [0.15, 0.2) is 0 Å². The lowest BCUT2D eigenvalue weighted by molar-refractivity contribution is 0.185. The first kappa shape index (κ1) is 10.9. The summed E-state index contributed by atoms with van der Waals surface area (Å²) in [6, 6.07) is 2.87. The van der Waals surface area contributed by atoms with Crippen LogP contribution in [0.15, 0.2) is 12.1 Å². The number of halogens is 1. The maximum absolute atomic E-state index is 13.3. The van der Waals surface area contributed by atoms with Crippen molar-refractivity contribution in [2.75, 3.05) is 13.7 Å². The number of aliphatic hydroxyl groups excluding tert-OH is 1. The summed E-state index contributed by atoms with van der Waals surface area (Å²) in [5, 5.41) is 9.42. The molecule has 1 aromatic rings. The van der Waals surface area contributed by atoms with Gasteiger partial charge in [-0.2, -0.15) is 0 Å². The van der Waals surface area contributed by atoms with Crippen LogP contribution >= 0.6 is 0 Å². The number of hydrogen-bond acceptors (Lipinski definition) is 3. The summed E-state index contributed by atoms with van der Waals surface area (Å²) in [6.07, 6.45) is -0.848. The van der Waals surface area contributed by atoms with Crippen molar-refractivity contribution >= 4 is 0 Å². The molecule has 0 aromatic heterocycles. The van der Waals surface area contributed by atoms with Crippen LogP contribution in [0.2, 0.25) is 0 Å². The highest BCUT2D eigenvalue weighted by Crippen LogP contribution is 2.25. The van der Waals surface area contributed by atoms with Crippen molar-refractivity contribution in [1.82, 2.24) is 0 Å². The Hall–Kier alpha value is -1.13. The molecule has 0 fully saturated rings. The molecule has 0 heterocycles. The van der Waals surface area contributed by atoms with Crippen LogP contribution in [-0.2, 0) is 0 Å². The molecule has 3 N–H and O–H groups in total. The Morgan fingerprint density at radius 2 is 2.21 bits per heavy atom. The van der Waals surface area contributed by atoms with Gasteiger partial charge in [0.25, 0.3) is 0 Å². The van der Waals surface area contributed by atoms with E-state index in [-0.39, 0.29) is 6.54 Å². The summed E-state index contributed by atoms with van der Waals surface area (Å²) in [7, 11) is 1.46. The Kier molecular flexibility index (Phi) is 3.43. The summed E-state index contributed by atoms with van der Waals surface area (Å²) >= 11 is 0. The number of benzene rings is 1. The van der Waals surface area contributed by atoms with Crippen LogP contribution in [0.4, 0.5) is 4.39 Å². The predicted molar refractivity (Wildman–Crippen MR) is 51.7 cm³/mol. The van der Waals surface area contributed by atoms with E-state index in [4.69, 9.17) is 10.5 Å². The minimum Gasteiger partial charge on any atom is -0.496 e. The lowest BCUT2D eigenvalue weighted by Gasteiger charge is -2.12.